The monoisotopic (exact) mass is 193 g/mol. The second kappa shape index (κ2) is 2.28. The minimum atomic E-state index is 0.997. The van der Waals surface area contributed by atoms with Crippen molar-refractivity contribution >= 4 is 21.7 Å². The van der Waals surface area contributed by atoms with Crippen molar-refractivity contribution in [2.75, 3.05) is 0 Å². The summed E-state index contributed by atoms with van der Waals surface area (Å²) < 4.78 is 5.52. The number of rotatable bonds is 0. The van der Waals surface area contributed by atoms with Crippen LogP contribution in [0.3, 0.4) is 0 Å². The fraction of sp³-hybridized carbons (Fsp3) is 0. The average Bonchev–Trinajstić information content (AvgIpc) is 3.10. The van der Waals surface area contributed by atoms with E-state index in [4.69, 9.17) is 4.74 Å². The van der Waals surface area contributed by atoms with E-state index in [0.29, 0.717) is 0 Å². The molecule has 1 aliphatic rings. The molecule has 3 aromatic rings. The van der Waals surface area contributed by atoms with Crippen LogP contribution in [0.25, 0.3) is 21.7 Å². The molecule has 2 aromatic carbocycles. The summed E-state index contributed by atoms with van der Waals surface area (Å²) in [6.07, 6.45) is 1.82. The zero-order valence-electron chi connectivity index (χ0n) is 7.90. The first kappa shape index (κ1) is 7.23. The van der Waals surface area contributed by atoms with E-state index >= 15 is 0 Å². The lowest BCUT2D eigenvalue weighted by Crippen LogP contribution is -1.76. The number of hydrogen-bond donors (Lipinski definition) is 0. The van der Waals surface area contributed by atoms with Gasteiger partial charge in [0.05, 0.1) is 5.52 Å². The van der Waals surface area contributed by atoms with E-state index in [1.165, 1.54) is 10.8 Å². The van der Waals surface area contributed by atoms with Gasteiger partial charge in [0.1, 0.15) is 0 Å². The molecule has 2 nitrogen and oxygen atoms in total. The highest BCUT2D eigenvalue weighted by atomic mass is 16.6. The van der Waals surface area contributed by atoms with Crippen LogP contribution in [0.1, 0.15) is 0 Å². The molecule has 15 heavy (non-hydrogen) atoms. The van der Waals surface area contributed by atoms with Crippen LogP contribution in [0.4, 0.5) is 0 Å². The fourth-order valence-corrected chi connectivity index (χ4v) is 2.12. The predicted molar refractivity (Wildman–Crippen MR) is 59.3 cm³/mol. The Kier molecular flexibility index (Phi) is 1.10. The Morgan fingerprint density at radius 2 is 1.53 bits per heavy atom. The molecule has 70 valence electrons. The molecule has 0 N–H and O–H groups in total. The summed E-state index contributed by atoms with van der Waals surface area (Å²) in [5.41, 5.74) is 1.03. The van der Waals surface area contributed by atoms with Crippen LogP contribution in [-0.4, -0.2) is 4.98 Å². The molecule has 2 heteroatoms. The zero-order valence-corrected chi connectivity index (χ0v) is 7.90. The first-order chi connectivity index (χ1) is 7.45. The predicted octanol–water partition coefficient (Wildman–Crippen LogP) is 3.49. The molecule has 0 amide bonds. The number of hydrogen-bond acceptors (Lipinski definition) is 2. The number of benzene rings is 2. The van der Waals surface area contributed by atoms with Gasteiger partial charge in [0.15, 0.2) is 11.5 Å². The highest BCUT2D eigenvalue weighted by molar-refractivity contribution is 6.14. The minimum Gasteiger partial charge on any atom is -0.448 e. The molecule has 2 heterocycles. The van der Waals surface area contributed by atoms with Gasteiger partial charge in [-0.2, -0.15) is 0 Å². The van der Waals surface area contributed by atoms with Crippen molar-refractivity contribution < 1.29 is 4.74 Å². The Labute approximate surface area is 86.1 Å². The van der Waals surface area contributed by atoms with Gasteiger partial charge in [0, 0.05) is 22.4 Å². The Hall–Kier alpha value is -2.09. The maximum atomic E-state index is 5.52. The standard InChI is InChI=1S/C13H7NO/c1-2-5-9-8(4-1)11-10(6-3-7-14-11)13-12(9)15-13/h1-7H. The van der Waals surface area contributed by atoms with E-state index in [1.807, 2.05) is 24.4 Å². The van der Waals surface area contributed by atoms with Crippen LogP contribution < -0.4 is 4.74 Å². The molecule has 0 spiro atoms. The summed E-state index contributed by atoms with van der Waals surface area (Å²) in [6, 6.07) is 12.2. The highest BCUT2D eigenvalue weighted by Crippen LogP contribution is 2.55. The van der Waals surface area contributed by atoms with Crippen LogP contribution in [0.2, 0.25) is 0 Å². The second-order valence-corrected chi connectivity index (χ2v) is 3.71. The molecule has 0 radical (unpaired) electrons. The minimum absolute atomic E-state index is 0.997. The van der Waals surface area contributed by atoms with Crippen molar-refractivity contribution in [3.63, 3.8) is 0 Å². The smallest absolute Gasteiger partial charge is 0.180 e. The van der Waals surface area contributed by atoms with E-state index in [1.54, 1.807) is 0 Å². The maximum absolute atomic E-state index is 5.52. The Bertz CT molecular complexity index is 643. The molecule has 0 fully saturated rings. The third-order valence-electron chi connectivity index (χ3n) is 2.85. The molecule has 0 saturated heterocycles. The maximum Gasteiger partial charge on any atom is 0.180 e. The molecule has 1 aromatic heterocycles. The molecule has 0 atom stereocenters. The second-order valence-electron chi connectivity index (χ2n) is 3.71. The lowest BCUT2D eigenvalue weighted by molar-refractivity contribution is 0.657. The summed E-state index contributed by atoms with van der Waals surface area (Å²) >= 11 is 0. The summed E-state index contributed by atoms with van der Waals surface area (Å²) in [5.74, 6) is 2.02. The molecule has 0 bridgehead atoms. The van der Waals surface area contributed by atoms with Gasteiger partial charge >= 0.3 is 0 Å². The van der Waals surface area contributed by atoms with E-state index in [0.717, 1.165) is 22.4 Å². The third kappa shape index (κ3) is 0.814. The molecule has 0 unspecified atom stereocenters. The summed E-state index contributed by atoms with van der Waals surface area (Å²) in [7, 11) is 0. The molecule has 0 aliphatic carbocycles. The van der Waals surface area contributed by atoms with Gasteiger partial charge in [-0.15, -0.1) is 0 Å². The van der Waals surface area contributed by atoms with E-state index in [9.17, 15) is 0 Å². The Balaban J connectivity index is 2.39. The van der Waals surface area contributed by atoms with Crippen LogP contribution >= 0.6 is 0 Å². The van der Waals surface area contributed by atoms with Crippen LogP contribution in [0.15, 0.2) is 42.6 Å². The summed E-state index contributed by atoms with van der Waals surface area (Å²) in [5, 5.41) is 3.45. The Morgan fingerprint density at radius 1 is 0.800 bits per heavy atom. The van der Waals surface area contributed by atoms with E-state index in [-0.39, 0.29) is 0 Å². The summed E-state index contributed by atoms with van der Waals surface area (Å²) in [4.78, 5) is 4.42. The first-order valence-electron chi connectivity index (χ1n) is 4.92. The number of fused-ring (bicyclic) bond motifs is 6. The van der Waals surface area contributed by atoms with Gasteiger partial charge in [-0.3, -0.25) is 4.98 Å². The number of pyridine rings is 1. The van der Waals surface area contributed by atoms with Crippen molar-refractivity contribution in [1.29, 1.82) is 0 Å². The lowest BCUT2D eigenvalue weighted by Gasteiger charge is -1.97. The van der Waals surface area contributed by atoms with Crippen molar-refractivity contribution in [2.24, 2.45) is 0 Å². The molecule has 4 rings (SSSR count). The van der Waals surface area contributed by atoms with Gasteiger partial charge in [-0.05, 0) is 12.1 Å². The largest absolute Gasteiger partial charge is 0.448 e. The van der Waals surface area contributed by atoms with Crippen LogP contribution in [-0.2, 0) is 0 Å². The lowest BCUT2D eigenvalue weighted by atomic mass is 10.1. The molecule has 0 saturated carbocycles. The third-order valence-corrected chi connectivity index (χ3v) is 2.85. The fourth-order valence-electron chi connectivity index (χ4n) is 2.12. The van der Waals surface area contributed by atoms with E-state index in [2.05, 4.69) is 23.2 Å². The quantitative estimate of drug-likeness (QED) is 0.315. The molecule has 1 aliphatic heterocycles. The van der Waals surface area contributed by atoms with Crippen molar-refractivity contribution in [3.05, 3.63) is 42.6 Å². The zero-order chi connectivity index (χ0) is 9.83. The van der Waals surface area contributed by atoms with Gasteiger partial charge in [0.25, 0.3) is 0 Å². The number of aromatic nitrogens is 1. The van der Waals surface area contributed by atoms with Crippen LogP contribution in [0.5, 0.6) is 11.5 Å². The van der Waals surface area contributed by atoms with Gasteiger partial charge < -0.3 is 4.74 Å². The topological polar surface area (TPSA) is 25.4 Å². The molecular formula is C13H7NO. The van der Waals surface area contributed by atoms with Gasteiger partial charge in [0.2, 0.25) is 0 Å². The van der Waals surface area contributed by atoms with Crippen LogP contribution in [0, 0.1) is 0 Å². The SMILES string of the molecule is c1ccc2c(c1)c1c(c3cccnc32)O1. The highest BCUT2D eigenvalue weighted by Gasteiger charge is 2.27. The first-order valence-corrected chi connectivity index (χ1v) is 4.92. The average molecular weight is 193 g/mol. The molecular weight excluding hydrogens is 186 g/mol. The van der Waals surface area contributed by atoms with Crippen molar-refractivity contribution in [2.45, 2.75) is 0 Å². The van der Waals surface area contributed by atoms with Gasteiger partial charge in [-0.25, -0.2) is 0 Å². The normalized spacial score (nSPS) is 12.5. The summed E-state index contributed by atoms with van der Waals surface area (Å²) in [6.45, 7) is 0. The number of ether oxygens (including phenoxy) is 1. The Morgan fingerprint density at radius 3 is 2.47 bits per heavy atom. The number of nitrogens with zero attached hydrogens (tertiary/aromatic N) is 1. The van der Waals surface area contributed by atoms with Gasteiger partial charge in [-0.1, -0.05) is 24.3 Å². The van der Waals surface area contributed by atoms with Crippen molar-refractivity contribution in [1.82, 2.24) is 4.98 Å². The van der Waals surface area contributed by atoms with Crippen molar-refractivity contribution in [3.8, 4) is 11.5 Å². The van der Waals surface area contributed by atoms with E-state index < -0.39 is 0 Å².